The van der Waals surface area contributed by atoms with Crippen molar-refractivity contribution in [2.24, 2.45) is 5.92 Å². The standard InChI is InChI=1S/C12H13NO3/c14-11-10(12(15)16)6-5-9(13-11)7-8-3-1-2-4-8/h1,3,5-6,8H,2,4,7H2,(H,13,14)(H,15,16). The Morgan fingerprint density at radius 1 is 1.50 bits per heavy atom. The van der Waals surface area contributed by atoms with Gasteiger partial charge in [-0.05, 0) is 37.3 Å². The minimum Gasteiger partial charge on any atom is -0.477 e. The highest BCUT2D eigenvalue weighted by Crippen LogP contribution is 2.20. The minimum absolute atomic E-state index is 0.203. The van der Waals surface area contributed by atoms with E-state index in [2.05, 4.69) is 17.1 Å². The van der Waals surface area contributed by atoms with Crippen LogP contribution in [0.2, 0.25) is 0 Å². The van der Waals surface area contributed by atoms with Gasteiger partial charge in [0.2, 0.25) is 0 Å². The molecule has 0 fully saturated rings. The van der Waals surface area contributed by atoms with Crippen LogP contribution in [0.4, 0.5) is 0 Å². The quantitative estimate of drug-likeness (QED) is 0.758. The highest BCUT2D eigenvalue weighted by Gasteiger charge is 2.12. The number of carboxylic acid groups (broad SMARTS) is 1. The third kappa shape index (κ3) is 2.21. The molecule has 0 saturated heterocycles. The Bertz CT molecular complexity index is 487. The molecule has 0 saturated carbocycles. The van der Waals surface area contributed by atoms with Gasteiger partial charge >= 0.3 is 5.97 Å². The van der Waals surface area contributed by atoms with Crippen LogP contribution in [0.15, 0.2) is 29.1 Å². The van der Waals surface area contributed by atoms with Crippen LogP contribution in [-0.4, -0.2) is 16.1 Å². The first-order valence-electron chi connectivity index (χ1n) is 5.29. The smallest absolute Gasteiger partial charge is 0.341 e. The van der Waals surface area contributed by atoms with E-state index in [9.17, 15) is 9.59 Å². The lowest BCUT2D eigenvalue weighted by Gasteiger charge is -2.07. The fourth-order valence-electron chi connectivity index (χ4n) is 1.95. The van der Waals surface area contributed by atoms with Crippen LogP contribution in [0.1, 0.15) is 28.9 Å². The summed E-state index contributed by atoms with van der Waals surface area (Å²) in [6.45, 7) is 0. The van der Waals surface area contributed by atoms with Gasteiger partial charge in [0.25, 0.3) is 5.56 Å². The Hall–Kier alpha value is -1.84. The second-order valence-electron chi connectivity index (χ2n) is 4.00. The van der Waals surface area contributed by atoms with Gasteiger partial charge in [-0.1, -0.05) is 12.2 Å². The predicted octanol–water partition coefficient (Wildman–Crippen LogP) is 1.58. The molecule has 1 unspecified atom stereocenters. The molecule has 4 nitrogen and oxygen atoms in total. The number of pyridine rings is 1. The second-order valence-corrected chi connectivity index (χ2v) is 4.00. The molecule has 0 spiro atoms. The number of H-pyrrole nitrogens is 1. The van der Waals surface area contributed by atoms with Crippen LogP contribution in [-0.2, 0) is 6.42 Å². The van der Waals surface area contributed by atoms with Crippen LogP contribution in [0, 0.1) is 5.92 Å². The van der Waals surface area contributed by atoms with Crippen LogP contribution in [0.3, 0.4) is 0 Å². The van der Waals surface area contributed by atoms with E-state index in [-0.39, 0.29) is 5.56 Å². The highest BCUT2D eigenvalue weighted by atomic mass is 16.4. The van der Waals surface area contributed by atoms with Gasteiger partial charge in [0.1, 0.15) is 5.56 Å². The summed E-state index contributed by atoms with van der Waals surface area (Å²) in [5.41, 5.74) is 0.0734. The maximum Gasteiger partial charge on any atom is 0.341 e. The lowest BCUT2D eigenvalue weighted by molar-refractivity contribution is 0.0695. The van der Waals surface area contributed by atoms with Gasteiger partial charge in [-0.15, -0.1) is 0 Å². The minimum atomic E-state index is -1.19. The average Bonchev–Trinajstić information content (AvgIpc) is 2.70. The molecule has 0 aliphatic heterocycles. The van der Waals surface area contributed by atoms with Crippen molar-refractivity contribution in [2.45, 2.75) is 19.3 Å². The Labute approximate surface area is 92.6 Å². The van der Waals surface area contributed by atoms with Crippen molar-refractivity contribution in [3.63, 3.8) is 0 Å². The number of carboxylic acids is 1. The zero-order valence-electron chi connectivity index (χ0n) is 8.77. The Morgan fingerprint density at radius 3 is 2.88 bits per heavy atom. The van der Waals surface area contributed by atoms with Gasteiger partial charge < -0.3 is 10.1 Å². The third-order valence-electron chi connectivity index (χ3n) is 2.79. The summed E-state index contributed by atoms with van der Waals surface area (Å²) in [6.07, 6.45) is 7.23. The van der Waals surface area contributed by atoms with Crippen LogP contribution in [0.25, 0.3) is 0 Å². The van der Waals surface area contributed by atoms with Gasteiger partial charge in [-0.2, -0.15) is 0 Å². The molecule has 0 radical (unpaired) electrons. The van der Waals surface area contributed by atoms with E-state index in [1.54, 1.807) is 6.07 Å². The predicted molar refractivity (Wildman–Crippen MR) is 59.6 cm³/mol. The molecular weight excluding hydrogens is 206 g/mol. The maximum absolute atomic E-state index is 11.4. The molecular formula is C12H13NO3. The van der Waals surface area contributed by atoms with Gasteiger partial charge in [0, 0.05) is 5.69 Å². The molecule has 16 heavy (non-hydrogen) atoms. The summed E-state index contributed by atoms with van der Waals surface area (Å²) in [5, 5.41) is 8.71. The lowest BCUT2D eigenvalue weighted by Crippen LogP contribution is -2.19. The number of hydrogen-bond donors (Lipinski definition) is 2. The number of carbonyl (C=O) groups is 1. The number of allylic oxidation sites excluding steroid dienone is 2. The van der Waals surface area contributed by atoms with Crippen molar-refractivity contribution in [3.05, 3.63) is 45.9 Å². The fourth-order valence-corrected chi connectivity index (χ4v) is 1.95. The summed E-state index contributed by atoms with van der Waals surface area (Å²) < 4.78 is 0. The van der Waals surface area contributed by atoms with Crippen LogP contribution >= 0.6 is 0 Å². The van der Waals surface area contributed by atoms with Crippen molar-refractivity contribution < 1.29 is 9.90 Å². The van der Waals surface area contributed by atoms with Gasteiger partial charge in [0.15, 0.2) is 0 Å². The van der Waals surface area contributed by atoms with E-state index < -0.39 is 11.5 Å². The first kappa shape index (κ1) is 10.7. The van der Waals surface area contributed by atoms with Crippen molar-refractivity contribution in [3.8, 4) is 0 Å². The molecule has 0 amide bonds. The molecule has 1 aromatic heterocycles. The number of aromatic carboxylic acids is 1. The molecule has 1 atom stereocenters. The Morgan fingerprint density at radius 2 is 2.31 bits per heavy atom. The van der Waals surface area contributed by atoms with Gasteiger partial charge in [-0.25, -0.2) is 4.79 Å². The number of aromatic amines is 1. The fraction of sp³-hybridized carbons (Fsp3) is 0.333. The molecule has 0 bridgehead atoms. The van der Waals surface area contributed by atoms with Crippen LogP contribution < -0.4 is 5.56 Å². The molecule has 2 N–H and O–H groups in total. The molecule has 4 heteroatoms. The zero-order chi connectivity index (χ0) is 11.5. The number of rotatable bonds is 3. The second kappa shape index (κ2) is 4.35. The molecule has 2 rings (SSSR count). The molecule has 1 aliphatic carbocycles. The average molecular weight is 219 g/mol. The Balaban J connectivity index is 2.17. The molecule has 84 valence electrons. The first-order chi connectivity index (χ1) is 7.66. The molecule has 1 heterocycles. The summed E-state index contributed by atoms with van der Waals surface area (Å²) in [5.74, 6) is -0.722. The van der Waals surface area contributed by atoms with Gasteiger partial charge in [-0.3, -0.25) is 4.79 Å². The first-order valence-corrected chi connectivity index (χ1v) is 5.29. The molecule has 1 aromatic rings. The van der Waals surface area contributed by atoms with Crippen molar-refractivity contribution in [2.75, 3.05) is 0 Å². The van der Waals surface area contributed by atoms with Crippen molar-refractivity contribution >= 4 is 5.97 Å². The van der Waals surface area contributed by atoms with E-state index in [4.69, 9.17) is 5.11 Å². The number of hydrogen-bond acceptors (Lipinski definition) is 2. The SMILES string of the molecule is O=C(O)c1ccc(CC2C=CCC2)[nH]c1=O. The van der Waals surface area contributed by atoms with Crippen molar-refractivity contribution in [1.29, 1.82) is 0 Å². The Kier molecular flexibility index (Phi) is 2.90. The topological polar surface area (TPSA) is 70.2 Å². The van der Waals surface area contributed by atoms with Crippen molar-refractivity contribution in [1.82, 2.24) is 4.98 Å². The summed E-state index contributed by atoms with van der Waals surface area (Å²) in [6, 6.07) is 3.05. The monoisotopic (exact) mass is 219 g/mol. The summed E-state index contributed by atoms with van der Waals surface area (Å²) in [7, 11) is 0. The normalized spacial score (nSPS) is 18.9. The van der Waals surface area contributed by atoms with Crippen LogP contribution in [0.5, 0.6) is 0 Å². The largest absolute Gasteiger partial charge is 0.477 e. The van der Waals surface area contributed by atoms with E-state index in [0.717, 1.165) is 25.0 Å². The number of aromatic nitrogens is 1. The molecule has 1 aliphatic rings. The van der Waals surface area contributed by atoms with Gasteiger partial charge in [0.05, 0.1) is 0 Å². The van der Waals surface area contributed by atoms with E-state index >= 15 is 0 Å². The number of nitrogens with one attached hydrogen (secondary N) is 1. The highest BCUT2D eigenvalue weighted by molar-refractivity contribution is 5.86. The van der Waals surface area contributed by atoms with E-state index in [1.807, 2.05) is 0 Å². The summed E-state index contributed by atoms with van der Waals surface area (Å²) in [4.78, 5) is 24.7. The third-order valence-corrected chi connectivity index (χ3v) is 2.79. The zero-order valence-corrected chi connectivity index (χ0v) is 8.77. The molecule has 0 aromatic carbocycles. The van der Waals surface area contributed by atoms with E-state index in [1.165, 1.54) is 6.07 Å². The summed E-state index contributed by atoms with van der Waals surface area (Å²) >= 11 is 0. The lowest BCUT2D eigenvalue weighted by atomic mass is 10.0. The maximum atomic E-state index is 11.4. The van der Waals surface area contributed by atoms with E-state index in [0.29, 0.717) is 5.92 Å².